The Morgan fingerprint density at radius 1 is 1.19 bits per heavy atom. The van der Waals surface area contributed by atoms with Crippen molar-refractivity contribution in [3.63, 3.8) is 0 Å². The van der Waals surface area contributed by atoms with Gasteiger partial charge in [0, 0.05) is 29.8 Å². The molecule has 1 aliphatic rings. The molecule has 0 saturated heterocycles. The lowest BCUT2D eigenvalue weighted by Gasteiger charge is -2.36. The molecule has 118 valence electrons. The SMILES string of the molecule is Cc1cc(CC(C)N)nc(C2CCC(C(C)(C)C)CC2)n1. The normalized spacial score (nSPS) is 24.9. The summed E-state index contributed by atoms with van der Waals surface area (Å²) in [6, 6.07) is 2.23. The van der Waals surface area contributed by atoms with E-state index in [2.05, 4.69) is 33.8 Å². The van der Waals surface area contributed by atoms with E-state index in [0.717, 1.165) is 29.6 Å². The van der Waals surface area contributed by atoms with Crippen molar-refractivity contribution in [1.82, 2.24) is 9.97 Å². The highest BCUT2D eigenvalue weighted by molar-refractivity contribution is 5.14. The number of hydrogen-bond acceptors (Lipinski definition) is 3. The highest BCUT2D eigenvalue weighted by Gasteiger charge is 2.31. The van der Waals surface area contributed by atoms with Crippen LogP contribution in [0.3, 0.4) is 0 Å². The molecule has 3 heteroatoms. The molecular weight excluding hydrogens is 258 g/mol. The quantitative estimate of drug-likeness (QED) is 0.915. The second-order valence-electron chi connectivity index (χ2n) is 7.95. The monoisotopic (exact) mass is 289 g/mol. The van der Waals surface area contributed by atoms with Crippen molar-refractivity contribution in [3.8, 4) is 0 Å². The third kappa shape index (κ3) is 4.50. The van der Waals surface area contributed by atoms with E-state index < -0.39 is 0 Å². The van der Waals surface area contributed by atoms with Crippen molar-refractivity contribution in [2.75, 3.05) is 0 Å². The summed E-state index contributed by atoms with van der Waals surface area (Å²) in [4.78, 5) is 9.49. The molecule has 1 aliphatic carbocycles. The average Bonchev–Trinajstić information content (AvgIpc) is 2.36. The van der Waals surface area contributed by atoms with Gasteiger partial charge in [-0.15, -0.1) is 0 Å². The Labute approximate surface area is 129 Å². The van der Waals surface area contributed by atoms with E-state index in [0.29, 0.717) is 11.3 Å². The molecule has 1 heterocycles. The van der Waals surface area contributed by atoms with E-state index >= 15 is 0 Å². The van der Waals surface area contributed by atoms with Gasteiger partial charge in [0.25, 0.3) is 0 Å². The Balaban J connectivity index is 2.08. The van der Waals surface area contributed by atoms with Gasteiger partial charge in [-0.25, -0.2) is 9.97 Å². The number of hydrogen-bond donors (Lipinski definition) is 1. The van der Waals surface area contributed by atoms with Crippen LogP contribution < -0.4 is 5.73 Å². The largest absolute Gasteiger partial charge is 0.328 e. The zero-order valence-electron chi connectivity index (χ0n) is 14.3. The lowest BCUT2D eigenvalue weighted by molar-refractivity contribution is 0.167. The first-order valence-corrected chi connectivity index (χ1v) is 8.35. The first-order chi connectivity index (χ1) is 9.75. The molecule has 0 aliphatic heterocycles. The van der Waals surface area contributed by atoms with Gasteiger partial charge in [-0.1, -0.05) is 20.8 Å². The molecule has 0 radical (unpaired) electrons. The number of nitrogens with two attached hydrogens (primary N) is 1. The fraction of sp³-hybridized carbons (Fsp3) is 0.778. The van der Waals surface area contributed by atoms with Gasteiger partial charge < -0.3 is 5.73 Å². The molecule has 0 spiro atoms. The molecule has 0 aromatic carbocycles. The van der Waals surface area contributed by atoms with Gasteiger partial charge in [0.05, 0.1) is 0 Å². The van der Waals surface area contributed by atoms with Crippen LogP contribution >= 0.6 is 0 Å². The summed E-state index contributed by atoms with van der Waals surface area (Å²) in [6.07, 6.45) is 5.89. The number of aromatic nitrogens is 2. The molecule has 1 unspecified atom stereocenters. The van der Waals surface area contributed by atoms with Crippen molar-refractivity contribution in [1.29, 1.82) is 0 Å². The molecule has 1 fully saturated rings. The summed E-state index contributed by atoms with van der Waals surface area (Å²) < 4.78 is 0. The first kappa shape index (κ1) is 16.4. The van der Waals surface area contributed by atoms with Crippen LogP contribution in [-0.2, 0) is 6.42 Å². The van der Waals surface area contributed by atoms with Crippen molar-refractivity contribution in [2.24, 2.45) is 17.1 Å². The summed E-state index contributed by atoms with van der Waals surface area (Å²) in [5, 5.41) is 0. The van der Waals surface area contributed by atoms with Gasteiger partial charge in [0.1, 0.15) is 5.82 Å². The standard InChI is InChI=1S/C18H31N3/c1-12(19)10-16-11-13(2)20-17(21-16)14-6-8-15(9-7-14)18(3,4)5/h11-12,14-15H,6-10,19H2,1-5H3. The van der Waals surface area contributed by atoms with Crippen LogP contribution in [0.1, 0.15) is 76.5 Å². The minimum Gasteiger partial charge on any atom is -0.328 e. The molecule has 1 atom stereocenters. The Bertz CT molecular complexity index is 466. The predicted octanol–water partition coefficient (Wildman–Crippen LogP) is 3.99. The highest BCUT2D eigenvalue weighted by Crippen LogP contribution is 2.42. The third-order valence-corrected chi connectivity index (χ3v) is 4.77. The van der Waals surface area contributed by atoms with Crippen molar-refractivity contribution in [2.45, 2.75) is 78.7 Å². The van der Waals surface area contributed by atoms with E-state index in [-0.39, 0.29) is 6.04 Å². The van der Waals surface area contributed by atoms with E-state index in [1.165, 1.54) is 25.7 Å². The summed E-state index contributed by atoms with van der Waals surface area (Å²) in [7, 11) is 0. The van der Waals surface area contributed by atoms with Crippen LogP contribution in [0.15, 0.2) is 6.07 Å². The molecular formula is C18H31N3. The lowest BCUT2D eigenvalue weighted by Crippen LogP contribution is -2.26. The Kier molecular flexibility index (Phi) is 5.03. The van der Waals surface area contributed by atoms with Crippen LogP contribution in [0, 0.1) is 18.3 Å². The average molecular weight is 289 g/mol. The first-order valence-electron chi connectivity index (χ1n) is 8.35. The minimum absolute atomic E-state index is 0.156. The fourth-order valence-corrected chi connectivity index (χ4v) is 3.49. The minimum atomic E-state index is 0.156. The predicted molar refractivity (Wildman–Crippen MR) is 88.3 cm³/mol. The van der Waals surface area contributed by atoms with Gasteiger partial charge in [-0.05, 0) is 56.9 Å². The summed E-state index contributed by atoms with van der Waals surface area (Å²) >= 11 is 0. The summed E-state index contributed by atoms with van der Waals surface area (Å²) in [5.41, 5.74) is 8.52. The third-order valence-electron chi connectivity index (χ3n) is 4.77. The number of aryl methyl sites for hydroxylation is 1. The molecule has 1 saturated carbocycles. The van der Waals surface area contributed by atoms with Crippen LogP contribution in [-0.4, -0.2) is 16.0 Å². The van der Waals surface area contributed by atoms with E-state index in [9.17, 15) is 0 Å². The number of nitrogens with zero attached hydrogens (tertiary/aromatic N) is 2. The van der Waals surface area contributed by atoms with Gasteiger partial charge >= 0.3 is 0 Å². The zero-order valence-corrected chi connectivity index (χ0v) is 14.3. The molecule has 2 N–H and O–H groups in total. The van der Waals surface area contributed by atoms with Crippen LogP contribution in [0.2, 0.25) is 0 Å². The molecule has 3 nitrogen and oxygen atoms in total. The number of rotatable bonds is 3. The Hall–Kier alpha value is -0.960. The van der Waals surface area contributed by atoms with Crippen molar-refractivity contribution >= 4 is 0 Å². The Morgan fingerprint density at radius 2 is 1.81 bits per heavy atom. The van der Waals surface area contributed by atoms with Gasteiger partial charge in [0.15, 0.2) is 0 Å². The maximum Gasteiger partial charge on any atom is 0.131 e. The van der Waals surface area contributed by atoms with Gasteiger partial charge in [0.2, 0.25) is 0 Å². The maximum atomic E-state index is 5.91. The van der Waals surface area contributed by atoms with Crippen molar-refractivity contribution in [3.05, 3.63) is 23.3 Å². The van der Waals surface area contributed by atoms with Crippen LogP contribution in [0.25, 0.3) is 0 Å². The Morgan fingerprint density at radius 3 is 2.33 bits per heavy atom. The summed E-state index contributed by atoms with van der Waals surface area (Å²) in [6.45, 7) is 11.2. The van der Waals surface area contributed by atoms with E-state index in [1.54, 1.807) is 0 Å². The van der Waals surface area contributed by atoms with Crippen molar-refractivity contribution < 1.29 is 0 Å². The fourth-order valence-electron chi connectivity index (χ4n) is 3.49. The van der Waals surface area contributed by atoms with Gasteiger partial charge in [-0.2, -0.15) is 0 Å². The molecule has 1 aromatic rings. The van der Waals surface area contributed by atoms with Crippen LogP contribution in [0.4, 0.5) is 0 Å². The second-order valence-corrected chi connectivity index (χ2v) is 7.95. The molecule has 0 bridgehead atoms. The lowest BCUT2D eigenvalue weighted by atomic mass is 9.69. The second kappa shape index (κ2) is 6.43. The van der Waals surface area contributed by atoms with E-state index in [1.807, 2.05) is 6.92 Å². The smallest absolute Gasteiger partial charge is 0.131 e. The highest BCUT2D eigenvalue weighted by atomic mass is 14.9. The molecule has 2 rings (SSSR count). The van der Waals surface area contributed by atoms with Crippen LogP contribution in [0.5, 0.6) is 0 Å². The maximum absolute atomic E-state index is 5.91. The molecule has 0 amide bonds. The topological polar surface area (TPSA) is 51.8 Å². The zero-order chi connectivity index (χ0) is 15.6. The van der Waals surface area contributed by atoms with Gasteiger partial charge in [-0.3, -0.25) is 0 Å². The summed E-state index contributed by atoms with van der Waals surface area (Å²) in [5.74, 6) is 2.43. The molecule has 21 heavy (non-hydrogen) atoms. The van der Waals surface area contributed by atoms with E-state index in [4.69, 9.17) is 15.7 Å². The molecule has 1 aromatic heterocycles.